The topological polar surface area (TPSA) is 233 Å². The number of benzene rings is 5. The van der Waals surface area contributed by atoms with Gasteiger partial charge in [0.05, 0.1) is 57.3 Å². The van der Waals surface area contributed by atoms with Crippen molar-refractivity contribution in [3.05, 3.63) is 156 Å². The van der Waals surface area contributed by atoms with Crippen molar-refractivity contribution in [2.45, 2.75) is 109 Å². The molecule has 0 aliphatic carbocycles. The third kappa shape index (κ3) is 25.6. The SMILES string of the molecule is CC[C@@H](CO)NCc1ccc(C(=O)OC)cc1Br.CC[C@H]1COc2cc(C(=O)NO)ccc2CN1C.CC[C@H]1COc2cc(C(=O)OC)ccc2CN1.CC[C@H]1COc2cc(C(=O)OC)ccc2CN1C.COC(=O)c1ccc(CBr)c(Br)c1.S.S.S.S. The molecule has 5 aromatic rings. The monoisotopic (exact) mass is 1490 g/mol. The van der Waals surface area contributed by atoms with Gasteiger partial charge in [-0.2, -0.15) is 54.0 Å². The Morgan fingerprint density at radius 1 is 0.580 bits per heavy atom. The molecule has 3 aliphatic rings. The van der Waals surface area contributed by atoms with E-state index in [0.717, 1.165) is 105 Å². The van der Waals surface area contributed by atoms with Gasteiger partial charge in [-0.3, -0.25) is 19.8 Å². The zero-order valence-electron chi connectivity index (χ0n) is 51.5. The number of hydrogen-bond donors (Lipinski definition) is 5. The molecule has 0 aromatic heterocycles. The first-order chi connectivity index (χ1) is 40.3. The Bertz CT molecular complexity index is 2890. The van der Waals surface area contributed by atoms with Crippen molar-refractivity contribution in [2.75, 3.05) is 69.0 Å². The van der Waals surface area contributed by atoms with Crippen molar-refractivity contribution < 1.29 is 67.4 Å². The van der Waals surface area contributed by atoms with Crippen LogP contribution in [0.2, 0.25) is 0 Å². The Hall–Kier alpha value is -4.55. The lowest BCUT2D eigenvalue weighted by molar-refractivity contribution is 0.0591. The summed E-state index contributed by atoms with van der Waals surface area (Å²) in [7, 11) is 9.66. The molecule has 0 bridgehead atoms. The average Bonchev–Trinajstić information content (AvgIpc) is 3.76. The van der Waals surface area contributed by atoms with Gasteiger partial charge in [-0.1, -0.05) is 106 Å². The average molecular weight is 1500 g/mol. The lowest BCUT2D eigenvalue weighted by Crippen LogP contribution is -2.33. The van der Waals surface area contributed by atoms with Crippen LogP contribution >= 0.6 is 102 Å². The zero-order chi connectivity index (χ0) is 61.9. The Morgan fingerprint density at radius 3 is 1.35 bits per heavy atom. The number of amides is 1. The summed E-state index contributed by atoms with van der Waals surface area (Å²) in [4.78, 5) is 61.2. The second-order valence-corrected chi connectivity index (χ2v) is 21.9. The number of carbonyl (C=O) groups excluding carboxylic acids is 5. The maximum Gasteiger partial charge on any atom is 0.337 e. The van der Waals surface area contributed by atoms with Crippen LogP contribution in [0.4, 0.5) is 0 Å². The highest BCUT2D eigenvalue weighted by molar-refractivity contribution is 9.11. The van der Waals surface area contributed by atoms with E-state index in [1.807, 2.05) is 37.3 Å². The molecule has 19 nitrogen and oxygen atoms in total. The second-order valence-electron chi connectivity index (χ2n) is 19.7. The van der Waals surface area contributed by atoms with Gasteiger partial charge in [0.15, 0.2) is 0 Å². The van der Waals surface area contributed by atoms with Crippen LogP contribution in [-0.2, 0) is 50.5 Å². The highest BCUT2D eigenvalue weighted by atomic mass is 79.9. The molecule has 0 radical (unpaired) electrons. The summed E-state index contributed by atoms with van der Waals surface area (Å²) < 4.78 is 37.7. The fraction of sp³-hybridized carbons (Fsp3) is 0.435. The number of hydroxylamine groups is 1. The number of alkyl halides is 1. The molecule has 88 heavy (non-hydrogen) atoms. The summed E-state index contributed by atoms with van der Waals surface area (Å²) >= 11 is 10.1. The Labute approximate surface area is 571 Å². The molecular formula is C62H88Br3N5O14S4. The van der Waals surface area contributed by atoms with Gasteiger partial charge in [-0.15, -0.1) is 0 Å². The highest BCUT2D eigenvalue weighted by Crippen LogP contribution is 2.29. The van der Waals surface area contributed by atoms with Gasteiger partial charge in [0.2, 0.25) is 0 Å². The van der Waals surface area contributed by atoms with Gasteiger partial charge in [0, 0.05) is 86.9 Å². The number of aliphatic hydroxyl groups is 1. The molecule has 4 atom stereocenters. The molecule has 26 heteroatoms. The second kappa shape index (κ2) is 44.0. The number of nitrogens with zero attached hydrogens (tertiary/aromatic N) is 2. The number of ether oxygens (including phenoxy) is 7. The van der Waals surface area contributed by atoms with Crippen LogP contribution in [0, 0.1) is 0 Å². The normalized spacial score (nSPS) is 15.6. The maximum absolute atomic E-state index is 11.5. The molecule has 3 aliphatic heterocycles. The van der Waals surface area contributed by atoms with Gasteiger partial charge in [0.1, 0.15) is 37.1 Å². The number of hydrogen-bond acceptors (Lipinski definition) is 18. The summed E-state index contributed by atoms with van der Waals surface area (Å²) in [5.41, 5.74) is 9.55. The molecule has 0 spiro atoms. The molecule has 0 saturated heterocycles. The van der Waals surface area contributed by atoms with E-state index >= 15 is 0 Å². The lowest BCUT2D eigenvalue weighted by Gasteiger charge is -2.22. The van der Waals surface area contributed by atoms with Gasteiger partial charge in [-0.05, 0) is 112 Å². The minimum absolute atomic E-state index is 0. The predicted molar refractivity (Wildman–Crippen MR) is 373 cm³/mol. The van der Waals surface area contributed by atoms with Crippen molar-refractivity contribution in [3.8, 4) is 17.2 Å². The molecule has 0 fully saturated rings. The number of carbonyl (C=O) groups is 5. The number of methoxy groups -OCH3 is 4. The van der Waals surface area contributed by atoms with Crippen LogP contribution < -0.4 is 30.3 Å². The summed E-state index contributed by atoms with van der Waals surface area (Å²) in [6.07, 6.45) is 3.97. The van der Waals surface area contributed by atoms with E-state index in [0.29, 0.717) is 72.3 Å². The number of halogens is 3. The fourth-order valence-electron chi connectivity index (χ4n) is 8.64. The highest BCUT2D eigenvalue weighted by Gasteiger charge is 2.24. The minimum Gasteiger partial charge on any atom is -0.492 e. The van der Waals surface area contributed by atoms with Crippen LogP contribution in [0.15, 0.2) is 99.9 Å². The molecule has 5 N–H and O–H groups in total. The number of nitrogens with one attached hydrogen (secondary N) is 3. The smallest absolute Gasteiger partial charge is 0.337 e. The van der Waals surface area contributed by atoms with Crippen molar-refractivity contribution >= 4 is 132 Å². The Morgan fingerprint density at radius 2 is 0.966 bits per heavy atom. The third-order valence-electron chi connectivity index (χ3n) is 14.2. The van der Waals surface area contributed by atoms with E-state index in [4.69, 9.17) is 34.0 Å². The molecular weight excluding hydrogens is 1410 g/mol. The van der Waals surface area contributed by atoms with Crippen molar-refractivity contribution in [1.29, 1.82) is 0 Å². The van der Waals surface area contributed by atoms with Crippen molar-refractivity contribution in [2.24, 2.45) is 0 Å². The van der Waals surface area contributed by atoms with Crippen LogP contribution in [0.25, 0.3) is 0 Å². The molecule has 0 saturated carbocycles. The van der Waals surface area contributed by atoms with Crippen LogP contribution in [0.5, 0.6) is 17.2 Å². The molecule has 1 amide bonds. The van der Waals surface area contributed by atoms with Gasteiger partial charge in [0.25, 0.3) is 5.91 Å². The summed E-state index contributed by atoms with van der Waals surface area (Å²) in [6.45, 7) is 13.5. The Kier molecular flexibility index (Phi) is 41.8. The number of aliphatic hydroxyl groups excluding tert-OH is 1. The number of fused-ring (bicyclic) bond motifs is 3. The number of esters is 4. The van der Waals surface area contributed by atoms with Crippen LogP contribution in [0.3, 0.4) is 0 Å². The third-order valence-corrected chi connectivity index (χ3v) is 16.3. The van der Waals surface area contributed by atoms with Gasteiger partial charge in [-0.25, -0.2) is 24.7 Å². The minimum atomic E-state index is -0.522. The lowest BCUT2D eigenvalue weighted by atomic mass is 10.1. The molecule has 490 valence electrons. The number of likely N-dealkylation sites (N-methyl/N-ethyl adjacent to an activating group) is 2. The largest absolute Gasteiger partial charge is 0.492 e. The van der Waals surface area contributed by atoms with Gasteiger partial charge >= 0.3 is 23.9 Å². The summed E-state index contributed by atoms with van der Waals surface area (Å²) in [6, 6.07) is 28.1. The summed E-state index contributed by atoms with van der Waals surface area (Å²) in [5, 5.41) is 25.1. The molecule has 3 heterocycles. The van der Waals surface area contributed by atoms with Crippen LogP contribution in [0.1, 0.15) is 133 Å². The zero-order valence-corrected chi connectivity index (χ0v) is 60.2. The maximum atomic E-state index is 11.5. The molecule has 0 unspecified atom stereocenters. The van der Waals surface area contributed by atoms with E-state index in [2.05, 4.69) is 113 Å². The molecule has 5 aromatic carbocycles. The van der Waals surface area contributed by atoms with Crippen molar-refractivity contribution in [1.82, 2.24) is 25.9 Å². The number of rotatable bonds is 14. The Balaban J connectivity index is 0.00000107. The van der Waals surface area contributed by atoms with E-state index in [1.165, 1.54) is 28.4 Å². The quantitative estimate of drug-likeness (QED) is 0.0229. The van der Waals surface area contributed by atoms with Crippen molar-refractivity contribution in [3.63, 3.8) is 0 Å². The van der Waals surface area contributed by atoms with E-state index in [-0.39, 0.29) is 90.5 Å². The first kappa shape index (κ1) is 83.5. The molecule has 8 rings (SSSR count). The fourth-order valence-corrected chi connectivity index (χ4v) is 10.5. The van der Waals surface area contributed by atoms with E-state index in [1.54, 1.807) is 66.1 Å². The predicted octanol–water partition coefficient (Wildman–Crippen LogP) is 10.9. The van der Waals surface area contributed by atoms with E-state index < -0.39 is 5.91 Å². The first-order valence-corrected chi connectivity index (χ1v) is 30.2. The first-order valence-electron chi connectivity index (χ1n) is 27.5. The summed E-state index contributed by atoms with van der Waals surface area (Å²) in [5.74, 6) is 0.438. The standard InChI is InChI=1S/C14H19NO3.C13H18BrNO3.C13H18N2O3.C13H17NO3.C9H8Br2O2.4H2S/c1-4-12-9-18-13-7-10(14(16)17-3)5-6-11(13)8-15(12)2;1-3-11(8-16)15-7-10-5-4-9(6-12(10)14)13(17)18-2;1-3-11-8-18-12-6-9(13(16)14-17)4-5-10(12)7-15(11)2;1-3-11-8-17-12-6-9(13(15)16-2)4-5-10(12)7-14-11;1-13-9(12)6-2-3-7(5-10)8(11)4-6;;;;/h5-7,12H,4,8-9H2,1-3H3;4-6,11,15-16H,3,7-8H2,1-2H3;4-6,11,17H,3,7-8H2,1-2H3,(H,14,16);4-6,11,14H,3,7-8H2,1-2H3;2-4H,5H2,1H3;4*1H2/t12-;3*11-;;;;;/m0000...../s1. The van der Waals surface area contributed by atoms with Crippen LogP contribution in [-0.4, -0.2) is 143 Å². The van der Waals surface area contributed by atoms with Gasteiger partial charge < -0.3 is 48.9 Å². The van der Waals surface area contributed by atoms with E-state index in [9.17, 15) is 24.0 Å².